The van der Waals surface area contributed by atoms with Crippen LogP contribution in [0.2, 0.25) is 0 Å². The van der Waals surface area contributed by atoms with Gasteiger partial charge in [0.1, 0.15) is 11.9 Å². The van der Waals surface area contributed by atoms with Crippen LogP contribution in [-0.4, -0.2) is 6.54 Å². The average Bonchev–Trinajstić information content (AvgIpc) is 2.25. The van der Waals surface area contributed by atoms with Crippen LogP contribution in [0.4, 0.5) is 4.39 Å². The molecule has 0 spiro atoms. The third kappa shape index (κ3) is 2.80. The largest absolute Gasteiger partial charge is 0.300 e. The minimum Gasteiger partial charge on any atom is -0.300 e. The van der Waals surface area contributed by atoms with Crippen LogP contribution < -0.4 is 5.32 Å². The fourth-order valence-corrected chi connectivity index (χ4v) is 1.22. The van der Waals surface area contributed by atoms with E-state index in [-0.39, 0.29) is 11.6 Å². The molecule has 0 saturated heterocycles. The molecule has 2 nitrogen and oxygen atoms in total. The molecular weight excluding hydrogens is 191 g/mol. The summed E-state index contributed by atoms with van der Waals surface area (Å²) in [7, 11) is 0. The van der Waals surface area contributed by atoms with Crippen molar-refractivity contribution >= 4 is 0 Å². The first-order valence-corrected chi connectivity index (χ1v) is 4.55. The standard InChI is InChI=1S/C12H11FN2/c1-3-6-15-9(2)10-4-5-11(8-14)12(13)7-10/h1,4-5,7,9,15H,6H2,2H3. The van der Waals surface area contributed by atoms with Crippen LogP contribution >= 0.6 is 0 Å². The second-order valence-corrected chi connectivity index (χ2v) is 3.16. The van der Waals surface area contributed by atoms with Crippen molar-refractivity contribution in [3.8, 4) is 18.4 Å². The third-order valence-corrected chi connectivity index (χ3v) is 2.12. The number of terminal acetylenes is 1. The molecule has 1 unspecified atom stereocenters. The van der Waals surface area contributed by atoms with Gasteiger partial charge < -0.3 is 0 Å². The van der Waals surface area contributed by atoms with E-state index >= 15 is 0 Å². The summed E-state index contributed by atoms with van der Waals surface area (Å²) in [4.78, 5) is 0. The molecule has 15 heavy (non-hydrogen) atoms. The van der Waals surface area contributed by atoms with Crippen LogP contribution in [0, 0.1) is 29.5 Å². The molecule has 1 aromatic rings. The lowest BCUT2D eigenvalue weighted by Crippen LogP contribution is -2.18. The van der Waals surface area contributed by atoms with Gasteiger partial charge in [0, 0.05) is 6.04 Å². The fourth-order valence-electron chi connectivity index (χ4n) is 1.22. The summed E-state index contributed by atoms with van der Waals surface area (Å²) in [6, 6.07) is 6.30. The Morgan fingerprint density at radius 3 is 2.87 bits per heavy atom. The Morgan fingerprint density at radius 1 is 1.60 bits per heavy atom. The maximum atomic E-state index is 13.2. The van der Waals surface area contributed by atoms with Crippen LogP contribution in [0.3, 0.4) is 0 Å². The third-order valence-electron chi connectivity index (χ3n) is 2.12. The molecule has 0 fully saturated rings. The molecule has 0 bridgehead atoms. The molecule has 76 valence electrons. The SMILES string of the molecule is C#CCNC(C)c1ccc(C#N)c(F)c1. The van der Waals surface area contributed by atoms with Crippen molar-refractivity contribution in [1.82, 2.24) is 5.32 Å². The lowest BCUT2D eigenvalue weighted by atomic mass is 10.1. The van der Waals surface area contributed by atoms with Gasteiger partial charge in [0.15, 0.2) is 0 Å². The summed E-state index contributed by atoms with van der Waals surface area (Å²) in [5.74, 6) is 1.95. The van der Waals surface area contributed by atoms with Gasteiger partial charge in [-0.3, -0.25) is 5.32 Å². The van der Waals surface area contributed by atoms with Gasteiger partial charge in [-0.05, 0) is 24.6 Å². The summed E-state index contributed by atoms with van der Waals surface area (Å²) in [6.07, 6.45) is 5.10. The number of rotatable bonds is 3. The minimum absolute atomic E-state index is 0.0247. The van der Waals surface area contributed by atoms with Gasteiger partial charge in [0.2, 0.25) is 0 Å². The molecule has 1 atom stereocenters. The van der Waals surface area contributed by atoms with Gasteiger partial charge >= 0.3 is 0 Å². The molecule has 1 aromatic carbocycles. The number of nitrogens with zero attached hydrogens (tertiary/aromatic N) is 1. The Labute approximate surface area is 88.7 Å². The van der Waals surface area contributed by atoms with Crippen LogP contribution in [0.1, 0.15) is 24.1 Å². The van der Waals surface area contributed by atoms with Crippen molar-refractivity contribution in [3.05, 3.63) is 35.1 Å². The molecule has 0 aliphatic rings. The van der Waals surface area contributed by atoms with E-state index in [1.165, 1.54) is 12.1 Å². The van der Waals surface area contributed by atoms with Crippen molar-refractivity contribution in [2.75, 3.05) is 6.54 Å². The zero-order chi connectivity index (χ0) is 11.3. The van der Waals surface area contributed by atoms with Gasteiger partial charge in [0.05, 0.1) is 12.1 Å². The summed E-state index contributed by atoms with van der Waals surface area (Å²) in [6.45, 7) is 2.32. The molecule has 0 radical (unpaired) electrons. The topological polar surface area (TPSA) is 35.8 Å². The molecule has 0 saturated carbocycles. The average molecular weight is 202 g/mol. The van der Waals surface area contributed by atoms with E-state index < -0.39 is 5.82 Å². The van der Waals surface area contributed by atoms with Crippen LogP contribution in [0.15, 0.2) is 18.2 Å². The highest BCUT2D eigenvalue weighted by Gasteiger charge is 2.07. The van der Waals surface area contributed by atoms with Crippen molar-refractivity contribution in [3.63, 3.8) is 0 Å². The predicted octanol–water partition coefficient (Wildman–Crippen LogP) is 1.98. The first-order chi connectivity index (χ1) is 7.19. The maximum absolute atomic E-state index is 13.2. The second-order valence-electron chi connectivity index (χ2n) is 3.16. The summed E-state index contributed by atoms with van der Waals surface area (Å²) < 4.78 is 13.2. The number of hydrogen-bond donors (Lipinski definition) is 1. The quantitative estimate of drug-likeness (QED) is 0.761. The van der Waals surface area contributed by atoms with E-state index in [0.29, 0.717) is 6.54 Å². The second kappa shape index (κ2) is 5.14. The van der Waals surface area contributed by atoms with Gasteiger partial charge in [-0.15, -0.1) is 6.42 Å². The lowest BCUT2D eigenvalue weighted by Gasteiger charge is -2.12. The van der Waals surface area contributed by atoms with Gasteiger partial charge in [0.25, 0.3) is 0 Å². The Balaban J connectivity index is 2.84. The highest BCUT2D eigenvalue weighted by molar-refractivity contribution is 5.34. The van der Waals surface area contributed by atoms with E-state index in [4.69, 9.17) is 11.7 Å². The molecule has 3 heteroatoms. The van der Waals surface area contributed by atoms with Crippen LogP contribution in [0.25, 0.3) is 0 Å². The normalized spacial score (nSPS) is 11.5. The molecule has 1 N–H and O–H groups in total. The molecule has 0 aliphatic carbocycles. The predicted molar refractivity (Wildman–Crippen MR) is 56.4 cm³/mol. The number of halogens is 1. The van der Waals surface area contributed by atoms with Gasteiger partial charge in [-0.25, -0.2) is 4.39 Å². The molecule has 0 amide bonds. The van der Waals surface area contributed by atoms with E-state index in [1.807, 2.05) is 6.92 Å². The molecule has 0 heterocycles. The minimum atomic E-state index is -0.496. The molecular formula is C12H11FN2. The number of nitrogens with one attached hydrogen (secondary N) is 1. The highest BCUT2D eigenvalue weighted by atomic mass is 19.1. The Hall–Kier alpha value is -1.84. The van der Waals surface area contributed by atoms with Crippen molar-refractivity contribution < 1.29 is 4.39 Å². The van der Waals surface area contributed by atoms with E-state index in [2.05, 4.69) is 11.2 Å². The Bertz CT molecular complexity index is 426. The van der Waals surface area contributed by atoms with Gasteiger partial charge in [-0.1, -0.05) is 12.0 Å². The molecule has 1 rings (SSSR count). The molecule has 0 aromatic heterocycles. The van der Waals surface area contributed by atoms with Gasteiger partial charge in [-0.2, -0.15) is 5.26 Å². The summed E-state index contributed by atoms with van der Waals surface area (Å²) in [5, 5.41) is 11.6. The first-order valence-electron chi connectivity index (χ1n) is 4.55. The van der Waals surface area contributed by atoms with E-state index in [9.17, 15) is 4.39 Å². The fraction of sp³-hybridized carbons (Fsp3) is 0.250. The smallest absolute Gasteiger partial charge is 0.141 e. The van der Waals surface area contributed by atoms with Crippen LogP contribution in [-0.2, 0) is 0 Å². The Kier molecular flexibility index (Phi) is 3.85. The lowest BCUT2D eigenvalue weighted by molar-refractivity contribution is 0.596. The number of benzene rings is 1. The molecule has 0 aliphatic heterocycles. The Morgan fingerprint density at radius 2 is 2.33 bits per heavy atom. The summed E-state index contributed by atoms with van der Waals surface area (Å²) in [5.41, 5.74) is 0.838. The van der Waals surface area contributed by atoms with Crippen molar-refractivity contribution in [1.29, 1.82) is 5.26 Å². The highest BCUT2D eigenvalue weighted by Crippen LogP contribution is 2.15. The van der Waals surface area contributed by atoms with Crippen LogP contribution in [0.5, 0.6) is 0 Å². The maximum Gasteiger partial charge on any atom is 0.141 e. The van der Waals surface area contributed by atoms with Crippen molar-refractivity contribution in [2.45, 2.75) is 13.0 Å². The zero-order valence-electron chi connectivity index (χ0n) is 8.42. The summed E-state index contributed by atoms with van der Waals surface area (Å²) >= 11 is 0. The van der Waals surface area contributed by atoms with E-state index in [0.717, 1.165) is 5.56 Å². The first kappa shape index (κ1) is 11.2. The number of nitriles is 1. The monoisotopic (exact) mass is 202 g/mol. The van der Waals surface area contributed by atoms with Crippen molar-refractivity contribution in [2.24, 2.45) is 0 Å². The zero-order valence-corrected chi connectivity index (χ0v) is 8.42. The van der Waals surface area contributed by atoms with E-state index in [1.54, 1.807) is 12.1 Å². The number of hydrogen-bond acceptors (Lipinski definition) is 2.